The Morgan fingerprint density at radius 2 is 1.78 bits per heavy atom. The molecule has 1 amide bonds. The third-order valence-corrected chi connectivity index (χ3v) is 5.73. The number of non-ortho nitro benzene ring substituents is 1. The highest BCUT2D eigenvalue weighted by atomic mass is 35.5. The van der Waals surface area contributed by atoms with Gasteiger partial charge in [0.2, 0.25) is 0 Å². The number of nitrogens with one attached hydrogen (secondary N) is 1. The predicted octanol–water partition coefficient (Wildman–Crippen LogP) is 5.34. The van der Waals surface area contributed by atoms with Crippen molar-refractivity contribution < 1.29 is 9.72 Å². The number of aromatic nitrogens is 2. The van der Waals surface area contributed by atoms with Crippen molar-refractivity contribution in [2.75, 3.05) is 23.3 Å². The lowest BCUT2D eigenvalue weighted by atomic mass is 10.1. The van der Waals surface area contributed by atoms with Crippen LogP contribution in [-0.4, -0.2) is 34.1 Å². The largest absolute Gasteiger partial charge is 0.355 e. The number of hydrogen-bond acceptors (Lipinski definition) is 6. The smallest absolute Gasteiger partial charge is 0.270 e. The van der Waals surface area contributed by atoms with Crippen molar-refractivity contribution in [2.45, 2.75) is 25.7 Å². The van der Waals surface area contributed by atoms with Gasteiger partial charge in [-0.15, -0.1) is 10.2 Å². The maximum Gasteiger partial charge on any atom is 0.270 e. The van der Waals surface area contributed by atoms with E-state index in [4.69, 9.17) is 11.6 Å². The Labute approximate surface area is 190 Å². The lowest BCUT2D eigenvalue weighted by Gasteiger charge is -2.20. The van der Waals surface area contributed by atoms with Gasteiger partial charge in [0.25, 0.3) is 11.6 Å². The van der Waals surface area contributed by atoms with Crippen LogP contribution in [0.2, 0.25) is 5.02 Å². The summed E-state index contributed by atoms with van der Waals surface area (Å²) in [7, 11) is 0. The maximum absolute atomic E-state index is 12.7. The van der Waals surface area contributed by atoms with Crippen molar-refractivity contribution >= 4 is 34.7 Å². The fourth-order valence-corrected chi connectivity index (χ4v) is 3.91. The molecular weight excluding hydrogens is 430 g/mol. The van der Waals surface area contributed by atoms with Gasteiger partial charge in [-0.2, -0.15) is 0 Å². The molecule has 1 aromatic heterocycles. The standard InChI is InChI=1S/C23H22ClN5O3/c24-20-9-8-18(29(31)32)15-19(20)23(30)25-17-7-5-6-16(14-17)21-10-11-22(27-26-21)28-12-3-1-2-4-13-28/h5-11,14-15H,1-4,12-13H2,(H,25,30). The number of nitro groups is 1. The van der Waals surface area contributed by atoms with E-state index in [1.165, 1.54) is 37.8 Å². The van der Waals surface area contributed by atoms with Crippen molar-refractivity contribution in [3.63, 3.8) is 0 Å². The van der Waals surface area contributed by atoms with Gasteiger partial charge in [-0.25, -0.2) is 0 Å². The minimum absolute atomic E-state index is 0.0351. The highest BCUT2D eigenvalue weighted by Crippen LogP contribution is 2.26. The Hall–Kier alpha value is -3.52. The second-order valence-electron chi connectivity index (χ2n) is 7.63. The summed E-state index contributed by atoms with van der Waals surface area (Å²) in [6.45, 7) is 1.99. The van der Waals surface area contributed by atoms with E-state index in [1.807, 2.05) is 18.2 Å². The number of anilines is 2. The van der Waals surface area contributed by atoms with E-state index in [0.717, 1.165) is 30.5 Å². The first-order valence-electron chi connectivity index (χ1n) is 10.5. The predicted molar refractivity (Wildman–Crippen MR) is 124 cm³/mol. The first-order valence-corrected chi connectivity index (χ1v) is 10.8. The molecule has 1 aliphatic rings. The number of nitro benzene ring substituents is 1. The third-order valence-electron chi connectivity index (χ3n) is 5.40. The zero-order valence-corrected chi connectivity index (χ0v) is 18.1. The number of hydrogen-bond donors (Lipinski definition) is 1. The first-order chi connectivity index (χ1) is 15.5. The SMILES string of the molecule is O=C(Nc1cccc(-c2ccc(N3CCCCCC3)nn2)c1)c1cc([N+](=O)[O-])ccc1Cl. The fraction of sp³-hybridized carbons (Fsp3) is 0.261. The van der Waals surface area contributed by atoms with Gasteiger partial charge in [0.15, 0.2) is 5.82 Å². The van der Waals surface area contributed by atoms with Crippen LogP contribution in [0.5, 0.6) is 0 Å². The molecule has 0 atom stereocenters. The van der Waals surface area contributed by atoms with Crippen molar-refractivity contribution in [1.29, 1.82) is 0 Å². The molecule has 1 N–H and O–H groups in total. The molecule has 4 rings (SSSR count). The summed E-state index contributed by atoms with van der Waals surface area (Å²) in [5.74, 6) is 0.346. The van der Waals surface area contributed by atoms with Gasteiger partial charge in [-0.3, -0.25) is 14.9 Å². The molecule has 1 saturated heterocycles. The Balaban J connectivity index is 1.51. The van der Waals surface area contributed by atoms with Crippen molar-refractivity contribution in [3.8, 4) is 11.3 Å². The van der Waals surface area contributed by atoms with Crippen LogP contribution in [0.15, 0.2) is 54.6 Å². The van der Waals surface area contributed by atoms with Gasteiger partial charge in [0.1, 0.15) is 0 Å². The van der Waals surface area contributed by atoms with Gasteiger partial charge < -0.3 is 10.2 Å². The summed E-state index contributed by atoms with van der Waals surface area (Å²) in [5.41, 5.74) is 1.84. The monoisotopic (exact) mass is 451 g/mol. The Kier molecular flexibility index (Phi) is 6.61. The number of halogens is 1. The minimum Gasteiger partial charge on any atom is -0.355 e. The van der Waals surface area contributed by atoms with Crippen LogP contribution in [0.4, 0.5) is 17.2 Å². The van der Waals surface area contributed by atoms with Crippen molar-refractivity contribution in [1.82, 2.24) is 10.2 Å². The molecule has 0 bridgehead atoms. The van der Waals surface area contributed by atoms with Crippen LogP contribution >= 0.6 is 11.6 Å². The zero-order valence-electron chi connectivity index (χ0n) is 17.3. The molecule has 32 heavy (non-hydrogen) atoms. The van der Waals surface area contributed by atoms with Gasteiger partial charge in [0, 0.05) is 36.5 Å². The van der Waals surface area contributed by atoms with Crippen LogP contribution < -0.4 is 10.2 Å². The van der Waals surface area contributed by atoms with Gasteiger partial charge >= 0.3 is 0 Å². The minimum atomic E-state index is -0.568. The van der Waals surface area contributed by atoms with E-state index < -0.39 is 10.8 Å². The molecule has 3 aromatic rings. The second kappa shape index (κ2) is 9.74. The van der Waals surface area contributed by atoms with Gasteiger partial charge in [-0.1, -0.05) is 36.6 Å². The Morgan fingerprint density at radius 3 is 2.47 bits per heavy atom. The number of rotatable bonds is 5. The molecule has 9 heteroatoms. The average Bonchev–Trinajstić information content (AvgIpc) is 3.09. The number of benzene rings is 2. The van der Waals surface area contributed by atoms with E-state index in [1.54, 1.807) is 18.2 Å². The molecule has 1 aliphatic heterocycles. The molecule has 0 unspecified atom stereocenters. The molecule has 8 nitrogen and oxygen atoms in total. The number of carbonyl (C=O) groups excluding carboxylic acids is 1. The maximum atomic E-state index is 12.7. The topological polar surface area (TPSA) is 101 Å². The van der Waals surface area contributed by atoms with E-state index >= 15 is 0 Å². The Morgan fingerprint density at radius 1 is 1.00 bits per heavy atom. The van der Waals surface area contributed by atoms with E-state index in [0.29, 0.717) is 11.4 Å². The van der Waals surface area contributed by atoms with E-state index in [9.17, 15) is 14.9 Å². The number of carbonyl (C=O) groups is 1. The van der Waals surface area contributed by atoms with Crippen molar-refractivity contribution in [2.24, 2.45) is 0 Å². The summed E-state index contributed by atoms with van der Waals surface area (Å²) in [5, 5.41) is 22.7. The van der Waals surface area contributed by atoms with E-state index in [-0.39, 0.29) is 16.3 Å². The molecular formula is C23H22ClN5O3. The molecule has 2 aromatic carbocycles. The second-order valence-corrected chi connectivity index (χ2v) is 8.04. The van der Waals surface area contributed by atoms with Crippen molar-refractivity contribution in [3.05, 3.63) is 75.3 Å². The number of nitrogens with zero attached hydrogens (tertiary/aromatic N) is 4. The van der Waals surface area contributed by atoms with Gasteiger partial charge in [0.05, 0.1) is 21.2 Å². The molecule has 164 valence electrons. The first kappa shape index (κ1) is 21.7. The molecule has 0 radical (unpaired) electrons. The highest BCUT2D eigenvalue weighted by molar-refractivity contribution is 6.34. The Bertz CT molecular complexity index is 1130. The van der Waals surface area contributed by atoms with Gasteiger partial charge in [-0.05, 0) is 43.2 Å². The van der Waals surface area contributed by atoms with Crippen LogP contribution in [0.25, 0.3) is 11.3 Å². The quantitative estimate of drug-likeness (QED) is 0.415. The number of amides is 1. The summed E-state index contributed by atoms with van der Waals surface area (Å²) in [6, 6.07) is 14.8. The summed E-state index contributed by atoms with van der Waals surface area (Å²) >= 11 is 6.07. The summed E-state index contributed by atoms with van der Waals surface area (Å²) in [6.07, 6.45) is 4.84. The zero-order chi connectivity index (χ0) is 22.5. The van der Waals surface area contributed by atoms with Crippen LogP contribution in [-0.2, 0) is 0 Å². The van der Waals surface area contributed by atoms with Crippen LogP contribution in [0.3, 0.4) is 0 Å². The normalized spacial score (nSPS) is 14.0. The van der Waals surface area contributed by atoms with E-state index in [2.05, 4.69) is 20.4 Å². The molecule has 2 heterocycles. The highest BCUT2D eigenvalue weighted by Gasteiger charge is 2.17. The van der Waals surface area contributed by atoms with Crippen LogP contribution in [0, 0.1) is 10.1 Å². The summed E-state index contributed by atoms with van der Waals surface area (Å²) < 4.78 is 0. The van der Waals surface area contributed by atoms with Crippen LogP contribution in [0.1, 0.15) is 36.0 Å². The lowest BCUT2D eigenvalue weighted by molar-refractivity contribution is -0.384. The fourth-order valence-electron chi connectivity index (χ4n) is 3.70. The summed E-state index contributed by atoms with van der Waals surface area (Å²) in [4.78, 5) is 25.4. The third kappa shape index (κ3) is 5.03. The molecule has 0 saturated carbocycles. The lowest BCUT2D eigenvalue weighted by Crippen LogP contribution is -2.25. The molecule has 0 spiro atoms. The molecule has 0 aliphatic carbocycles. The average molecular weight is 452 g/mol. The molecule has 1 fully saturated rings.